The molecule has 0 atom stereocenters. The van der Waals surface area contributed by atoms with E-state index < -0.39 is 18.9 Å². The fraction of sp³-hybridized carbons (Fsp3) is 0.500. The smallest absolute Gasteiger partial charge is 0.273 e. The van der Waals surface area contributed by atoms with Crippen LogP contribution in [0.1, 0.15) is 10.5 Å². The van der Waals surface area contributed by atoms with Gasteiger partial charge < -0.3 is 15.7 Å². The lowest BCUT2D eigenvalue weighted by atomic mass is 10.3. The maximum Gasteiger partial charge on any atom is 0.273 e. The van der Waals surface area contributed by atoms with Gasteiger partial charge in [0.1, 0.15) is 5.69 Å². The summed E-state index contributed by atoms with van der Waals surface area (Å²) in [7, 11) is 0. The van der Waals surface area contributed by atoms with Gasteiger partial charge in [-0.25, -0.2) is 13.8 Å². The van der Waals surface area contributed by atoms with Crippen molar-refractivity contribution in [3.8, 4) is 0 Å². The highest BCUT2D eigenvalue weighted by molar-refractivity contribution is 7.13. The monoisotopic (exact) mass is 251 g/mol. The molecule has 1 rings (SSSR count). The van der Waals surface area contributed by atoms with Crippen LogP contribution in [-0.2, 0) is 0 Å². The number of anilines is 1. The average Bonchev–Trinajstić information content (AvgIpc) is 2.62. The number of carbonyl (C=O) groups is 1. The molecular formula is C8H11F2N3O2S. The molecule has 0 bridgehead atoms. The Labute approximate surface area is 94.5 Å². The van der Waals surface area contributed by atoms with E-state index in [9.17, 15) is 13.6 Å². The minimum Gasteiger partial charge on any atom is -0.395 e. The van der Waals surface area contributed by atoms with Gasteiger partial charge in [-0.05, 0) is 0 Å². The lowest BCUT2D eigenvalue weighted by Gasteiger charge is -2.19. The number of amides is 1. The van der Waals surface area contributed by atoms with Crippen molar-refractivity contribution in [2.75, 3.05) is 25.4 Å². The number of carbonyl (C=O) groups excluding carboxylic acids is 1. The summed E-state index contributed by atoms with van der Waals surface area (Å²) in [6.45, 7) is -1.25. The van der Waals surface area contributed by atoms with E-state index in [1.807, 2.05) is 0 Å². The van der Waals surface area contributed by atoms with Crippen LogP contribution in [0.5, 0.6) is 0 Å². The third-order valence-corrected chi connectivity index (χ3v) is 2.43. The minimum absolute atomic E-state index is 0.0246. The summed E-state index contributed by atoms with van der Waals surface area (Å²) in [6.07, 6.45) is -2.65. The molecule has 0 spiro atoms. The molecule has 0 aromatic carbocycles. The maximum atomic E-state index is 12.2. The predicted molar refractivity (Wildman–Crippen MR) is 55.5 cm³/mol. The first-order chi connectivity index (χ1) is 7.54. The highest BCUT2D eigenvalue weighted by Gasteiger charge is 2.21. The summed E-state index contributed by atoms with van der Waals surface area (Å²) < 4.78 is 24.3. The molecule has 0 aliphatic carbocycles. The summed E-state index contributed by atoms with van der Waals surface area (Å²) in [5.41, 5.74) is 5.36. The quantitative estimate of drug-likeness (QED) is 0.795. The Balaban J connectivity index is 2.74. The number of alkyl halides is 2. The zero-order chi connectivity index (χ0) is 12.1. The van der Waals surface area contributed by atoms with Crippen LogP contribution >= 0.6 is 11.3 Å². The molecule has 90 valence electrons. The minimum atomic E-state index is -2.65. The molecule has 0 radical (unpaired) electrons. The zero-order valence-corrected chi connectivity index (χ0v) is 9.08. The largest absolute Gasteiger partial charge is 0.395 e. The van der Waals surface area contributed by atoms with Crippen LogP contribution in [0, 0.1) is 0 Å². The zero-order valence-electron chi connectivity index (χ0n) is 8.27. The van der Waals surface area contributed by atoms with Crippen LogP contribution in [0.4, 0.5) is 13.9 Å². The first-order valence-electron chi connectivity index (χ1n) is 4.44. The van der Waals surface area contributed by atoms with Gasteiger partial charge in [-0.3, -0.25) is 4.79 Å². The molecule has 5 nitrogen and oxygen atoms in total. The number of aliphatic hydroxyl groups excluding tert-OH is 1. The van der Waals surface area contributed by atoms with Crippen LogP contribution in [0.25, 0.3) is 0 Å². The molecule has 16 heavy (non-hydrogen) atoms. The first-order valence-corrected chi connectivity index (χ1v) is 5.32. The van der Waals surface area contributed by atoms with E-state index in [0.717, 1.165) is 16.2 Å². The number of hydrogen-bond acceptors (Lipinski definition) is 5. The SMILES string of the molecule is Nc1nc(C(=O)N(CCO)CC(F)F)cs1. The lowest BCUT2D eigenvalue weighted by molar-refractivity contribution is 0.0505. The Hall–Kier alpha value is -1.28. The van der Waals surface area contributed by atoms with Crippen LogP contribution < -0.4 is 5.73 Å². The standard InChI is InChI=1S/C8H11F2N3O2S/c9-6(10)3-13(1-2-14)7(15)5-4-16-8(11)12-5/h4,6,14H,1-3H2,(H2,11,12). The number of aliphatic hydroxyl groups is 1. The Morgan fingerprint density at radius 2 is 2.38 bits per heavy atom. The second-order valence-electron chi connectivity index (χ2n) is 2.94. The number of rotatable bonds is 5. The molecule has 0 saturated heterocycles. The number of hydrogen-bond donors (Lipinski definition) is 2. The summed E-state index contributed by atoms with van der Waals surface area (Å²) in [4.78, 5) is 16.2. The van der Waals surface area contributed by atoms with Gasteiger partial charge in [-0.1, -0.05) is 0 Å². The maximum absolute atomic E-state index is 12.2. The van der Waals surface area contributed by atoms with Crippen LogP contribution in [-0.4, -0.2) is 47.0 Å². The van der Waals surface area contributed by atoms with E-state index in [1.54, 1.807) is 0 Å². The lowest BCUT2D eigenvalue weighted by Crippen LogP contribution is -2.37. The first kappa shape index (κ1) is 12.8. The molecule has 1 amide bonds. The van der Waals surface area contributed by atoms with Gasteiger partial charge in [0.25, 0.3) is 12.3 Å². The van der Waals surface area contributed by atoms with E-state index in [2.05, 4.69) is 4.98 Å². The molecule has 0 saturated carbocycles. The number of thiazole rings is 1. The number of nitrogens with two attached hydrogens (primary N) is 1. The van der Waals surface area contributed by atoms with Crippen LogP contribution in [0.3, 0.4) is 0 Å². The molecule has 1 aromatic heterocycles. The van der Waals surface area contributed by atoms with Gasteiger partial charge in [0.2, 0.25) is 0 Å². The third kappa shape index (κ3) is 3.38. The van der Waals surface area contributed by atoms with Crippen molar-refractivity contribution in [3.63, 3.8) is 0 Å². The van der Waals surface area contributed by atoms with E-state index >= 15 is 0 Å². The van der Waals surface area contributed by atoms with Crippen molar-refractivity contribution in [2.45, 2.75) is 6.43 Å². The fourth-order valence-electron chi connectivity index (χ4n) is 1.11. The Kier molecular flexibility index (Phi) is 4.56. The predicted octanol–water partition coefficient (Wildman–Crippen LogP) is 0.425. The van der Waals surface area contributed by atoms with Gasteiger partial charge in [-0.15, -0.1) is 11.3 Å². The number of nitrogens with zero attached hydrogens (tertiary/aromatic N) is 2. The Morgan fingerprint density at radius 1 is 1.69 bits per heavy atom. The van der Waals surface area contributed by atoms with Gasteiger partial charge in [0, 0.05) is 11.9 Å². The van der Waals surface area contributed by atoms with Crippen LogP contribution in [0.15, 0.2) is 5.38 Å². The number of aromatic nitrogens is 1. The molecule has 0 aliphatic heterocycles. The highest BCUT2D eigenvalue weighted by atomic mass is 32.1. The van der Waals surface area contributed by atoms with Crippen molar-refractivity contribution in [2.24, 2.45) is 0 Å². The van der Waals surface area contributed by atoms with E-state index in [1.165, 1.54) is 5.38 Å². The van der Waals surface area contributed by atoms with Crippen molar-refractivity contribution < 1.29 is 18.7 Å². The molecule has 0 unspecified atom stereocenters. The van der Waals surface area contributed by atoms with E-state index in [-0.39, 0.29) is 24.0 Å². The fourth-order valence-corrected chi connectivity index (χ4v) is 1.65. The molecule has 1 heterocycles. The summed E-state index contributed by atoms with van der Waals surface area (Å²) in [5.74, 6) is -0.651. The average molecular weight is 251 g/mol. The van der Waals surface area contributed by atoms with Crippen molar-refractivity contribution in [1.82, 2.24) is 9.88 Å². The molecule has 8 heteroatoms. The van der Waals surface area contributed by atoms with Gasteiger partial charge in [-0.2, -0.15) is 0 Å². The summed E-state index contributed by atoms with van der Waals surface area (Å²) >= 11 is 1.06. The Bertz CT molecular complexity index is 359. The number of nitrogen functional groups attached to an aromatic ring is 1. The molecule has 0 fully saturated rings. The van der Waals surface area contributed by atoms with Crippen molar-refractivity contribution in [1.29, 1.82) is 0 Å². The topological polar surface area (TPSA) is 79.5 Å². The molecule has 0 aliphatic rings. The normalized spacial score (nSPS) is 10.8. The summed E-state index contributed by atoms with van der Waals surface area (Å²) in [6, 6.07) is 0. The molecular weight excluding hydrogens is 240 g/mol. The van der Waals surface area contributed by atoms with Gasteiger partial charge in [0.05, 0.1) is 13.2 Å². The van der Waals surface area contributed by atoms with E-state index in [0.29, 0.717) is 0 Å². The molecule has 3 N–H and O–H groups in total. The highest BCUT2D eigenvalue weighted by Crippen LogP contribution is 2.13. The third-order valence-electron chi connectivity index (χ3n) is 1.76. The second kappa shape index (κ2) is 5.71. The van der Waals surface area contributed by atoms with Gasteiger partial charge in [0.15, 0.2) is 5.13 Å². The van der Waals surface area contributed by atoms with Crippen molar-refractivity contribution in [3.05, 3.63) is 11.1 Å². The van der Waals surface area contributed by atoms with E-state index in [4.69, 9.17) is 10.8 Å². The second-order valence-corrected chi connectivity index (χ2v) is 3.83. The molecule has 1 aromatic rings. The number of halogens is 2. The van der Waals surface area contributed by atoms with Gasteiger partial charge >= 0.3 is 0 Å². The van der Waals surface area contributed by atoms with Crippen molar-refractivity contribution >= 4 is 22.4 Å². The Morgan fingerprint density at radius 3 is 2.81 bits per heavy atom. The summed E-state index contributed by atoms with van der Waals surface area (Å²) in [5, 5.41) is 10.3. The van der Waals surface area contributed by atoms with Crippen LogP contribution in [0.2, 0.25) is 0 Å².